The van der Waals surface area contributed by atoms with E-state index in [0.717, 1.165) is 19.3 Å². The number of rotatable bonds is 5. The number of benzene rings is 1. The van der Waals surface area contributed by atoms with Gasteiger partial charge in [-0.2, -0.15) is 0 Å². The summed E-state index contributed by atoms with van der Waals surface area (Å²) in [5.41, 5.74) is -0.335. The number of nitrogens with one attached hydrogen (secondary N) is 1. The molecule has 1 fully saturated rings. The predicted octanol–water partition coefficient (Wildman–Crippen LogP) is 3.60. The Morgan fingerprint density at radius 1 is 1.33 bits per heavy atom. The van der Waals surface area contributed by atoms with E-state index in [9.17, 15) is 14.0 Å². The molecule has 0 aliphatic carbocycles. The smallest absolute Gasteiger partial charge is 0.410 e. The second-order valence-electron chi connectivity index (χ2n) is 7.82. The van der Waals surface area contributed by atoms with Crippen LogP contribution < -0.4 is 10.1 Å². The Hall–Kier alpha value is -2.31. The number of methoxy groups -OCH3 is 1. The van der Waals surface area contributed by atoms with Crippen LogP contribution in [-0.4, -0.2) is 49.2 Å². The molecule has 0 saturated carbocycles. The average molecular weight is 380 g/mol. The Morgan fingerprint density at radius 2 is 2.07 bits per heavy atom. The number of amides is 2. The van der Waals surface area contributed by atoms with E-state index < -0.39 is 11.4 Å². The highest BCUT2D eigenvalue weighted by atomic mass is 19.1. The topological polar surface area (TPSA) is 67.9 Å². The lowest BCUT2D eigenvalue weighted by atomic mass is 9.95. The van der Waals surface area contributed by atoms with Crippen LogP contribution >= 0.6 is 0 Å². The van der Waals surface area contributed by atoms with Crippen LogP contribution in [0.1, 0.15) is 50.4 Å². The first-order valence-electron chi connectivity index (χ1n) is 9.29. The zero-order valence-electron chi connectivity index (χ0n) is 16.5. The number of carbonyl (C=O) groups is 2. The molecular weight excluding hydrogens is 351 g/mol. The number of hydrogen-bond acceptors (Lipinski definition) is 4. The van der Waals surface area contributed by atoms with Crippen LogP contribution in [-0.2, 0) is 4.74 Å². The van der Waals surface area contributed by atoms with Crippen LogP contribution in [0.2, 0.25) is 0 Å². The molecule has 6 nitrogen and oxygen atoms in total. The van der Waals surface area contributed by atoms with Gasteiger partial charge in [-0.3, -0.25) is 4.79 Å². The van der Waals surface area contributed by atoms with Crippen molar-refractivity contribution in [2.75, 3.05) is 26.7 Å². The van der Waals surface area contributed by atoms with Gasteiger partial charge < -0.3 is 19.7 Å². The molecule has 150 valence electrons. The van der Waals surface area contributed by atoms with Crippen LogP contribution in [0.4, 0.5) is 9.18 Å². The van der Waals surface area contributed by atoms with Gasteiger partial charge >= 0.3 is 6.09 Å². The van der Waals surface area contributed by atoms with Crippen molar-refractivity contribution in [3.8, 4) is 5.75 Å². The van der Waals surface area contributed by atoms with Gasteiger partial charge in [0.1, 0.15) is 17.2 Å². The first-order chi connectivity index (χ1) is 12.7. The van der Waals surface area contributed by atoms with Crippen molar-refractivity contribution in [2.24, 2.45) is 5.92 Å². The summed E-state index contributed by atoms with van der Waals surface area (Å²) in [6.07, 6.45) is 2.36. The van der Waals surface area contributed by atoms with Crippen LogP contribution in [0, 0.1) is 11.7 Å². The van der Waals surface area contributed by atoms with Crippen molar-refractivity contribution in [1.82, 2.24) is 10.2 Å². The van der Waals surface area contributed by atoms with Crippen LogP contribution in [0.3, 0.4) is 0 Å². The molecule has 0 radical (unpaired) electrons. The lowest BCUT2D eigenvalue weighted by molar-refractivity contribution is 0.0161. The molecule has 1 aliphatic heterocycles. The Labute approximate surface area is 160 Å². The summed E-state index contributed by atoms with van der Waals surface area (Å²) in [6, 6.07) is 3.85. The fraction of sp³-hybridized carbons (Fsp3) is 0.600. The van der Waals surface area contributed by atoms with E-state index in [1.54, 1.807) is 4.90 Å². The number of likely N-dealkylation sites (tertiary alicyclic amines) is 1. The van der Waals surface area contributed by atoms with Crippen molar-refractivity contribution in [2.45, 2.75) is 45.6 Å². The second kappa shape index (κ2) is 9.06. The maximum Gasteiger partial charge on any atom is 0.410 e. The highest BCUT2D eigenvalue weighted by molar-refractivity contribution is 5.96. The Bertz CT molecular complexity index is 672. The minimum Gasteiger partial charge on any atom is -0.496 e. The third kappa shape index (κ3) is 6.41. The first-order valence-corrected chi connectivity index (χ1v) is 9.29. The maximum absolute atomic E-state index is 13.4. The summed E-state index contributed by atoms with van der Waals surface area (Å²) in [4.78, 5) is 26.3. The van der Waals surface area contributed by atoms with Gasteiger partial charge in [0.15, 0.2) is 0 Å². The lowest BCUT2D eigenvalue weighted by Crippen LogP contribution is -2.43. The zero-order chi connectivity index (χ0) is 20.0. The van der Waals surface area contributed by atoms with E-state index in [1.165, 1.54) is 25.3 Å². The van der Waals surface area contributed by atoms with Gasteiger partial charge in [-0.05, 0) is 64.2 Å². The minimum absolute atomic E-state index is 0.177. The van der Waals surface area contributed by atoms with E-state index in [1.807, 2.05) is 20.8 Å². The van der Waals surface area contributed by atoms with E-state index in [0.29, 0.717) is 31.3 Å². The molecule has 7 heteroatoms. The predicted molar refractivity (Wildman–Crippen MR) is 100 cm³/mol. The van der Waals surface area contributed by atoms with Crippen molar-refractivity contribution in [1.29, 1.82) is 0 Å². The monoisotopic (exact) mass is 380 g/mol. The highest BCUT2D eigenvalue weighted by Gasteiger charge is 2.27. The van der Waals surface area contributed by atoms with E-state index in [4.69, 9.17) is 9.47 Å². The number of halogens is 1. The molecule has 0 spiro atoms. The SMILES string of the molecule is COc1ccc(F)cc1C(=O)NCCC1CCCN(C(=O)OC(C)(C)C)C1. The highest BCUT2D eigenvalue weighted by Crippen LogP contribution is 2.22. The molecule has 2 amide bonds. The summed E-state index contributed by atoms with van der Waals surface area (Å²) in [7, 11) is 1.44. The largest absolute Gasteiger partial charge is 0.496 e. The fourth-order valence-electron chi connectivity index (χ4n) is 3.14. The van der Waals surface area contributed by atoms with Crippen molar-refractivity contribution >= 4 is 12.0 Å². The van der Waals surface area contributed by atoms with Crippen LogP contribution in [0.15, 0.2) is 18.2 Å². The van der Waals surface area contributed by atoms with E-state index in [-0.39, 0.29) is 17.6 Å². The third-order valence-corrected chi connectivity index (χ3v) is 4.41. The number of carbonyl (C=O) groups excluding carboxylic acids is 2. The lowest BCUT2D eigenvalue weighted by Gasteiger charge is -2.34. The molecular formula is C20H29FN2O4. The second-order valence-corrected chi connectivity index (χ2v) is 7.82. The van der Waals surface area contributed by atoms with Gasteiger partial charge in [-0.1, -0.05) is 0 Å². The number of hydrogen-bond donors (Lipinski definition) is 1. The minimum atomic E-state index is -0.512. The van der Waals surface area contributed by atoms with Gasteiger partial charge in [0.25, 0.3) is 5.91 Å². The van der Waals surface area contributed by atoms with Crippen LogP contribution in [0.5, 0.6) is 5.75 Å². The summed E-state index contributed by atoms with van der Waals surface area (Å²) >= 11 is 0. The van der Waals surface area contributed by atoms with E-state index in [2.05, 4.69) is 5.32 Å². The maximum atomic E-state index is 13.4. The third-order valence-electron chi connectivity index (χ3n) is 4.41. The molecule has 1 aromatic carbocycles. The molecule has 1 atom stereocenters. The number of piperidine rings is 1. The average Bonchev–Trinajstić information content (AvgIpc) is 2.60. The molecule has 1 unspecified atom stereocenters. The standard InChI is InChI=1S/C20H29FN2O4/c1-20(2,3)27-19(25)23-11-5-6-14(13-23)9-10-22-18(24)16-12-15(21)7-8-17(16)26-4/h7-8,12,14H,5-6,9-11,13H2,1-4H3,(H,22,24). The molecule has 2 rings (SSSR count). The summed E-state index contributed by atoms with van der Waals surface area (Å²) in [5, 5.41) is 2.81. The molecule has 0 aromatic heterocycles. The number of nitrogens with zero attached hydrogens (tertiary/aromatic N) is 1. The van der Waals surface area contributed by atoms with Gasteiger partial charge in [-0.25, -0.2) is 9.18 Å². The van der Waals surface area contributed by atoms with Crippen molar-refractivity contribution in [3.63, 3.8) is 0 Å². The molecule has 1 saturated heterocycles. The molecule has 0 bridgehead atoms. The van der Waals surface area contributed by atoms with E-state index >= 15 is 0 Å². The summed E-state index contributed by atoms with van der Waals surface area (Å²) in [6.45, 7) is 7.31. The Kier molecular flexibility index (Phi) is 7.05. The first kappa shape index (κ1) is 21.0. The van der Waals surface area contributed by atoms with Crippen LogP contribution in [0.25, 0.3) is 0 Å². The number of ether oxygens (including phenoxy) is 2. The molecule has 1 heterocycles. The molecule has 27 heavy (non-hydrogen) atoms. The van der Waals surface area contributed by atoms with Gasteiger partial charge in [0.2, 0.25) is 0 Å². The quantitative estimate of drug-likeness (QED) is 0.847. The summed E-state index contributed by atoms with van der Waals surface area (Å²) < 4.78 is 24.0. The molecule has 1 aliphatic rings. The molecule has 1 aromatic rings. The fourth-order valence-corrected chi connectivity index (χ4v) is 3.14. The van der Waals surface area contributed by atoms with Gasteiger partial charge in [-0.15, -0.1) is 0 Å². The molecule has 1 N–H and O–H groups in total. The normalized spacial score (nSPS) is 17.4. The zero-order valence-corrected chi connectivity index (χ0v) is 16.5. The summed E-state index contributed by atoms with van der Waals surface area (Å²) in [5.74, 6) is -0.226. The van der Waals surface area contributed by atoms with Gasteiger partial charge in [0, 0.05) is 19.6 Å². The van der Waals surface area contributed by atoms with Crippen molar-refractivity contribution < 1.29 is 23.5 Å². The van der Waals surface area contributed by atoms with Crippen molar-refractivity contribution in [3.05, 3.63) is 29.6 Å². The van der Waals surface area contributed by atoms with Gasteiger partial charge in [0.05, 0.1) is 12.7 Å². The Balaban J connectivity index is 1.84. The Morgan fingerprint density at radius 3 is 2.74 bits per heavy atom.